The van der Waals surface area contributed by atoms with E-state index in [1.807, 2.05) is 0 Å². The molecular weight excluding hydrogens is 230 g/mol. The third-order valence-electron chi connectivity index (χ3n) is 2.79. The molecule has 0 spiro atoms. The van der Waals surface area contributed by atoms with E-state index >= 15 is 0 Å². The molecule has 0 amide bonds. The van der Waals surface area contributed by atoms with Crippen LogP contribution in [0.15, 0.2) is 12.1 Å². The number of nitro groups is 1. The van der Waals surface area contributed by atoms with E-state index in [9.17, 15) is 18.9 Å². The van der Waals surface area contributed by atoms with E-state index in [-0.39, 0.29) is 5.69 Å². The summed E-state index contributed by atoms with van der Waals surface area (Å²) in [6, 6.07) is 1.45. The van der Waals surface area contributed by atoms with E-state index in [1.54, 1.807) is 0 Å². The molecule has 1 fully saturated rings. The predicted octanol–water partition coefficient (Wildman–Crippen LogP) is 3.09. The molecule has 0 atom stereocenters. The second-order valence-electron chi connectivity index (χ2n) is 4.20. The Hall–Kier alpha value is -1.72. The second-order valence-corrected chi connectivity index (χ2v) is 4.20. The van der Waals surface area contributed by atoms with Crippen LogP contribution in [0.5, 0.6) is 0 Å². The molecule has 0 bridgehead atoms. The van der Waals surface area contributed by atoms with E-state index < -0.39 is 22.2 Å². The van der Waals surface area contributed by atoms with Gasteiger partial charge in [0, 0.05) is 6.54 Å². The van der Waals surface area contributed by atoms with Crippen LogP contribution in [0.2, 0.25) is 0 Å². The first kappa shape index (κ1) is 11.8. The van der Waals surface area contributed by atoms with Crippen LogP contribution < -0.4 is 5.32 Å². The van der Waals surface area contributed by atoms with E-state index in [1.165, 1.54) is 12.8 Å². The number of benzene rings is 1. The molecule has 1 aliphatic carbocycles. The van der Waals surface area contributed by atoms with Crippen LogP contribution in [0.4, 0.5) is 20.2 Å². The molecule has 1 aromatic rings. The fraction of sp³-hybridized carbons (Fsp3) is 0.455. The highest BCUT2D eigenvalue weighted by Crippen LogP contribution is 2.32. The molecule has 0 radical (unpaired) electrons. The van der Waals surface area contributed by atoms with Crippen molar-refractivity contribution >= 4 is 11.4 Å². The van der Waals surface area contributed by atoms with Crippen LogP contribution in [0, 0.1) is 27.7 Å². The van der Waals surface area contributed by atoms with E-state index in [0.29, 0.717) is 12.5 Å². The molecule has 1 aromatic carbocycles. The van der Waals surface area contributed by atoms with Gasteiger partial charge in [-0.15, -0.1) is 0 Å². The van der Waals surface area contributed by atoms with Gasteiger partial charge in [-0.3, -0.25) is 10.1 Å². The van der Waals surface area contributed by atoms with Crippen LogP contribution in [0.25, 0.3) is 0 Å². The van der Waals surface area contributed by atoms with Gasteiger partial charge in [-0.05, 0) is 12.3 Å². The number of rotatable bonds is 5. The van der Waals surface area contributed by atoms with Crippen LogP contribution in [0.3, 0.4) is 0 Å². The van der Waals surface area contributed by atoms with Gasteiger partial charge in [0.05, 0.1) is 17.1 Å². The maximum absolute atomic E-state index is 13.4. The highest BCUT2D eigenvalue weighted by Gasteiger charge is 2.21. The fourth-order valence-corrected chi connectivity index (χ4v) is 1.64. The number of nitrogens with one attached hydrogen (secondary N) is 1. The van der Waals surface area contributed by atoms with Gasteiger partial charge in [0.15, 0.2) is 11.6 Å². The lowest BCUT2D eigenvalue weighted by Crippen LogP contribution is -2.07. The quantitative estimate of drug-likeness (QED) is 0.637. The summed E-state index contributed by atoms with van der Waals surface area (Å²) in [6.45, 7) is 0.482. The molecule has 1 N–H and O–H groups in total. The lowest BCUT2D eigenvalue weighted by atomic mass is 10.2. The van der Waals surface area contributed by atoms with Gasteiger partial charge in [0.1, 0.15) is 5.69 Å². The van der Waals surface area contributed by atoms with Crippen LogP contribution >= 0.6 is 0 Å². The first-order valence-electron chi connectivity index (χ1n) is 5.45. The molecule has 17 heavy (non-hydrogen) atoms. The summed E-state index contributed by atoms with van der Waals surface area (Å²) in [6.07, 6.45) is 3.22. The molecule has 1 saturated carbocycles. The lowest BCUT2D eigenvalue weighted by molar-refractivity contribution is -0.385. The number of hydrogen-bond donors (Lipinski definition) is 1. The molecular formula is C11H12F2N2O2. The summed E-state index contributed by atoms with van der Waals surface area (Å²) < 4.78 is 26.8. The average Bonchev–Trinajstić information content (AvgIpc) is 3.05. The van der Waals surface area contributed by atoms with Gasteiger partial charge in [-0.25, -0.2) is 8.78 Å². The number of non-ortho nitro benzene ring substituents is 1. The third kappa shape index (κ3) is 2.89. The highest BCUT2D eigenvalue weighted by atomic mass is 19.1. The molecule has 0 saturated heterocycles. The van der Waals surface area contributed by atoms with Crippen molar-refractivity contribution in [3.8, 4) is 0 Å². The smallest absolute Gasteiger partial charge is 0.275 e. The number of nitro benzene ring substituents is 1. The van der Waals surface area contributed by atoms with E-state index in [4.69, 9.17) is 0 Å². The van der Waals surface area contributed by atoms with Gasteiger partial charge in [0.2, 0.25) is 0 Å². The van der Waals surface area contributed by atoms with Crippen molar-refractivity contribution in [1.82, 2.24) is 0 Å². The van der Waals surface area contributed by atoms with Gasteiger partial charge >= 0.3 is 0 Å². The molecule has 0 unspecified atom stereocenters. The summed E-state index contributed by atoms with van der Waals surface area (Å²) in [5.74, 6) is -1.19. The summed E-state index contributed by atoms with van der Waals surface area (Å²) in [5.41, 5.74) is -0.857. The maximum Gasteiger partial charge on any atom is 0.275 e. The Morgan fingerprint density at radius 3 is 2.41 bits per heavy atom. The number of nitrogens with zero attached hydrogens (tertiary/aromatic N) is 1. The molecule has 0 aliphatic heterocycles. The average molecular weight is 242 g/mol. The topological polar surface area (TPSA) is 55.2 Å². The third-order valence-corrected chi connectivity index (χ3v) is 2.79. The Kier molecular flexibility index (Phi) is 3.21. The minimum atomic E-state index is -0.924. The standard InChI is InChI=1S/C11H12F2N2O2/c12-9-5-8(15(16)17)6-10(13)11(9)14-4-3-7-1-2-7/h5-7,14H,1-4H2. The van der Waals surface area contributed by atoms with Crippen molar-refractivity contribution < 1.29 is 13.7 Å². The highest BCUT2D eigenvalue weighted by molar-refractivity contribution is 5.51. The first-order valence-corrected chi connectivity index (χ1v) is 5.45. The zero-order valence-corrected chi connectivity index (χ0v) is 9.08. The largest absolute Gasteiger partial charge is 0.380 e. The summed E-state index contributed by atoms with van der Waals surface area (Å²) in [7, 11) is 0. The molecule has 0 heterocycles. The van der Waals surface area contributed by atoms with Gasteiger partial charge in [-0.2, -0.15) is 0 Å². The molecule has 4 nitrogen and oxygen atoms in total. The summed E-state index contributed by atoms with van der Waals surface area (Å²) in [5, 5.41) is 13.0. The van der Waals surface area contributed by atoms with Crippen molar-refractivity contribution in [2.75, 3.05) is 11.9 Å². The molecule has 92 valence electrons. The number of hydrogen-bond acceptors (Lipinski definition) is 3. The minimum absolute atomic E-state index is 0.281. The Labute approximate surface area is 96.8 Å². The summed E-state index contributed by atoms with van der Waals surface area (Å²) in [4.78, 5) is 9.56. The number of halogens is 2. The Balaban J connectivity index is 2.07. The van der Waals surface area contributed by atoms with Crippen LogP contribution in [0.1, 0.15) is 19.3 Å². The van der Waals surface area contributed by atoms with Crippen molar-refractivity contribution in [2.45, 2.75) is 19.3 Å². The van der Waals surface area contributed by atoms with Gasteiger partial charge in [-0.1, -0.05) is 12.8 Å². The van der Waals surface area contributed by atoms with E-state index in [0.717, 1.165) is 18.6 Å². The Bertz CT molecular complexity index is 424. The van der Waals surface area contributed by atoms with Crippen molar-refractivity contribution in [3.63, 3.8) is 0 Å². The molecule has 1 aliphatic rings. The van der Waals surface area contributed by atoms with Crippen molar-refractivity contribution in [2.24, 2.45) is 5.92 Å². The first-order chi connectivity index (χ1) is 8.08. The van der Waals surface area contributed by atoms with Gasteiger partial charge in [0.25, 0.3) is 5.69 Å². The van der Waals surface area contributed by atoms with Crippen LogP contribution in [-0.4, -0.2) is 11.5 Å². The molecule has 0 aromatic heterocycles. The van der Waals surface area contributed by atoms with Crippen molar-refractivity contribution in [1.29, 1.82) is 0 Å². The van der Waals surface area contributed by atoms with Gasteiger partial charge < -0.3 is 5.32 Å². The predicted molar refractivity (Wildman–Crippen MR) is 58.8 cm³/mol. The lowest BCUT2D eigenvalue weighted by Gasteiger charge is -2.08. The maximum atomic E-state index is 13.4. The van der Waals surface area contributed by atoms with Crippen LogP contribution in [-0.2, 0) is 0 Å². The normalized spacial score (nSPS) is 14.7. The summed E-state index contributed by atoms with van der Waals surface area (Å²) >= 11 is 0. The zero-order chi connectivity index (χ0) is 12.4. The Morgan fingerprint density at radius 2 is 1.94 bits per heavy atom. The number of anilines is 1. The monoisotopic (exact) mass is 242 g/mol. The van der Waals surface area contributed by atoms with Crippen molar-refractivity contribution in [3.05, 3.63) is 33.9 Å². The van der Waals surface area contributed by atoms with E-state index in [2.05, 4.69) is 5.32 Å². The second kappa shape index (κ2) is 4.65. The SMILES string of the molecule is O=[N+]([O-])c1cc(F)c(NCCC2CC2)c(F)c1. The Morgan fingerprint density at radius 1 is 1.35 bits per heavy atom. The zero-order valence-electron chi connectivity index (χ0n) is 9.08. The fourth-order valence-electron chi connectivity index (χ4n) is 1.64. The molecule has 2 rings (SSSR count). The molecule has 6 heteroatoms. The minimum Gasteiger partial charge on any atom is -0.380 e.